The van der Waals surface area contributed by atoms with Gasteiger partial charge in [-0.3, -0.25) is 32.5 Å². The third-order valence-corrected chi connectivity index (χ3v) is 22.3. The molecular weight excluding hydrogens is 1560 g/mol. The number of unbranched alkanes of at least 4 members (excludes halogenated alkanes) is 40. The van der Waals surface area contributed by atoms with Gasteiger partial charge in [-0.1, -0.05) is 403 Å². The first kappa shape index (κ1) is 116. The van der Waals surface area contributed by atoms with E-state index in [0.717, 1.165) is 167 Å². The molecule has 0 bridgehead atoms. The summed E-state index contributed by atoms with van der Waals surface area (Å²) in [6.45, 7) is 2.47. The van der Waals surface area contributed by atoms with Crippen molar-refractivity contribution >= 4 is 33.6 Å². The van der Waals surface area contributed by atoms with Gasteiger partial charge in [0.1, 0.15) is 25.4 Å². The maximum Gasteiger partial charge on any atom is 0.472 e. The fraction of sp³-hybridized carbons (Fsp3) is 0.699. The lowest BCUT2D eigenvalue weighted by Crippen LogP contribution is -2.30. The fourth-order valence-corrected chi connectivity index (χ4v) is 14.7. The van der Waals surface area contributed by atoms with Gasteiger partial charge in [-0.2, -0.15) is 0 Å². The van der Waals surface area contributed by atoms with Gasteiger partial charge in [0.05, 0.1) is 26.4 Å². The van der Waals surface area contributed by atoms with Crippen molar-refractivity contribution in [2.24, 2.45) is 0 Å². The van der Waals surface area contributed by atoms with Gasteiger partial charge < -0.3 is 34.2 Å². The number of carbonyl (C=O) groups is 3. The summed E-state index contributed by atoms with van der Waals surface area (Å²) >= 11 is 0. The van der Waals surface area contributed by atoms with Gasteiger partial charge in [0.2, 0.25) is 0 Å². The summed E-state index contributed by atoms with van der Waals surface area (Å²) in [4.78, 5) is 59.1. The van der Waals surface area contributed by atoms with Crippen molar-refractivity contribution in [3.05, 3.63) is 170 Å². The van der Waals surface area contributed by atoms with Gasteiger partial charge in [0, 0.05) is 19.3 Å². The molecule has 0 aliphatic heterocycles. The largest absolute Gasteiger partial charge is 0.472 e. The number of carbonyl (C=O) groups excluding carboxylic acids is 3. The standard InChI is InChI=1S/C103H176O16P2/c1-4-7-10-13-16-19-22-25-28-31-34-37-40-42-44-46-48-50-52-54-57-59-62-65-68-71-74-77-80-83-86-89-101(106)113-92-98(104)93-115-120(109,110)116-94-99(105)95-117-121(111,112)118-97-100(119-103(108)91-88-85-82-79-76-73-70-67-64-61-56-39-36-33-30-27-24-21-18-15-12-9-6-3)96-114-102(107)90-87-84-81-78-75-72-69-66-63-60-58-55-53-51-49-47-45-43-41-38-35-32-29-26-23-20-17-14-11-8-5-2/h7,9-10,12,16-21,25-30,34-39,42-45,61,64,98-100,104-105H,4-6,8,11,13-15,22-24,31-33,40-41,46-60,62-63,65-97H2,1-3H3,(H,109,110)(H,111,112)/b10-7-,12-9-,19-16-,20-17-,21-18-,28-25-,29-26-,30-27-,37-34-,38-35-,39-36-,44-42-,45-43-,64-61-. The Morgan fingerprint density at radius 1 is 0.240 bits per heavy atom. The Kier molecular flexibility index (Phi) is 90.1. The number of hydrogen-bond donors (Lipinski definition) is 4. The van der Waals surface area contributed by atoms with Crippen molar-refractivity contribution in [1.29, 1.82) is 0 Å². The van der Waals surface area contributed by atoms with Gasteiger partial charge in [-0.15, -0.1) is 0 Å². The van der Waals surface area contributed by atoms with Crippen molar-refractivity contribution in [2.45, 2.75) is 424 Å². The summed E-state index contributed by atoms with van der Waals surface area (Å²) in [5.74, 6) is -1.58. The molecule has 16 nitrogen and oxygen atoms in total. The molecule has 0 heterocycles. The Balaban J connectivity index is 4.60. The maximum atomic E-state index is 13.1. The van der Waals surface area contributed by atoms with Gasteiger partial charge in [0.25, 0.3) is 0 Å². The fourth-order valence-electron chi connectivity index (χ4n) is 13.1. The first-order chi connectivity index (χ1) is 59.2. The zero-order valence-electron chi connectivity index (χ0n) is 76.6. The van der Waals surface area contributed by atoms with E-state index in [9.17, 15) is 43.5 Å². The van der Waals surface area contributed by atoms with Crippen LogP contribution in [0, 0.1) is 0 Å². The minimum absolute atomic E-state index is 0.0882. The van der Waals surface area contributed by atoms with E-state index in [1.54, 1.807) is 0 Å². The van der Waals surface area contributed by atoms with Crippen molar-refractivity contribution in [3.8, 4) is 0 Å². The molecule has 0 aliphatic rings. The topological polar surface area (TPSA) is 231 Å². The van der Waals surface area contributed by atoms with Gasteiger partial charge >= 0.3 is 33.6 Å². The van der Waals surface area contributed by atoms with Crippen molar-refractivity contribution < 1.29 is 75.8 Å². The Hall–Kier alpha value is -5.09. The molecule has 5 unspecified atom stereocenters. The van der Waals surface area contributed by atoms with Crippen LogP contribution in [0.3, 0.4) is 0 Å². The first-order valence-corrected chi connectivity index (χ1v) is 51.4. The molecular formula is C103H176O16P2. The number of hydrogen-bond acceptors (Lipinski definition) is 14. The average Bonchev–Trinajstić information content (AvgIpc) is 0.884. The van der Waals surface area contributed by atoms with Gasteiger partial charge in [-0.05, 0) is 154 Å². The van der Waals surface area contributed by atoms with Gasteiger partial charge in [0.15, 0.2) is 6.10 Å². The van der Waals surface area contributed by atoms with Crippen molar-refractivity contribution in [2.75, 3.05) is 39.6 Å². The zero-order valence-corrected chi connectivity index (χ0v) is 78.4. The van der Waals surface area contributed by atoms with Crippen LogP contribution in [0.5, 0.6) is 0 Å². The predicted molar refractivity (Wildman–Crippen MR) is 509 cm³/mol. The Labute approximate surface area is 739 Å². The second-order valence-electron chi connectivity index (χ2n) is 32.1. The molecule has 0 aromatic rings. The molecule has 4 N–H and O–H groups in total. The van der Waals surface area contributed by atoms with E-state index >= 15 is 0 Å². The van der Waals surface area contributed by atoms with E-state index in [1.807, 2.05) is 0 Å². The number of allylic oxidation sites excluding steroid dienone is 28. The summed E-state index contributed by atoms with van der Waals surface area (Å²) in [6.07, 6.45) is 123. The molecule has 0 spiro atoms. The van der Waals surface area contributed by atoms with Crippen LogP contribution < -0.4 is 0 Å². The molecule has 0 aromatic heterocycles. The third kappa shape index (κ3) is 95.4. The van der Waals surface area contributed by atoms with E-state index in [0.29, 0.717) is 19.3 Å². The van der Waals surface area contributed by atoms with Crippen LogP contribution in [-0.4, -0.2) is 95.9 Å². The lowest BCUT2D eigenvalue weighted by atomic mass is 10.0. The van der Waals surface area contributed by atoms with Crippen LogP contribution in [0.25, 0.3) is 0 Å². The number of esters is 3. The Morgan fingerprint density at radius 2 is 0.438 bits per heavy atom. The SMILES string of the molecule is CC/C=C\C/C=C\C/C=C\C/C=C\C/C=C\CCCCCCCCCCCCCCCCCC(=O)OCC(O)COP(=O)(O)OCC(O)COP(=O)(O)OCC(COC(=O)CCCCCCCCCCCCCCCCC/C=C\C/C=C\C/C=C\C/C=C\CCCCC)OC(=O)CCCCCCCCC/C=C\C/C=C\C/C=C\C/C=C\C/C=C\CC. The molecule has 0 radical (unpaired) electrons. The third-order valence-electron chi connectivity index (χ3n) is 20.4. The van der Waals surface area contributed by atoms with E-state index in [2.05, 4.69) is 191 Å². The van der Waals surface area contributed by atoms with Gasteiger partial charge in [-0.25, -0.2) is 9.13 Å². The summed E-state index contributed by atoms with van der Waals surface area (Å²) < 4.78 is 61.6. The molecule has 694 valence electrons. The van der Waals surface area contributed by atoms with E-state index < -0.39 is 91.5 Å². The number of aliphatic hydroxyl groups excluding tert-OH is 2. The van der Waals surface area contributed by atoms with Crippen LogP contribution in [-0.2, 0) is 55.8 Å². The number of rotatable bonds is 91. The summed E-state index contributed by atoms with van der Waals surface area (Å²) in [5.41, 5.74) is 0. The summed E-state index contributed by atoms with van der Waals surface area (Å²) in [6, 6.07) is 0. The molecule has 0 fully saturated rings. The monoisotopic (exact) mass is 1730 g/mol. The van der Waals surface area contributed by atoms with Crippen LogP contribution >= 0.6 is 15.6 Å². The second-order valence-corrected chi connectivity index (χ2v) is 35.0. The molecule has 0 aromatic carbocycles. The molecule has 0 saturated carbocycles. The second kappa shape index (κ2) is 94.1. The predicted octanol–water partition coefficient (Wildman–Crippen LogP) is 30.2. The van der Waals surface area contributed by atoms with Crippen LogP contribution in [0.4, 0.5) is 0 Å². The number of phosphoric acid groups is 2. The first-order valence-electron chi connectivity index (χ1n) is 48.4. The molecule has 18 heteroatoms. The van der Waals surface area contributed by atoms with E-state index in [4.69, 9.17) is 32.3 Å². The zero-order chi connectivity index (χ0) is 87.9. The van der Waals surface area contributed by atoms with E-state index in [-0.39, 0.29) is 19.3 Å². The Morgan fingerprint density at radius 3 is 0.694 bits per heavy atom. The Bertz CT molecular complexity index is 2880. The molecule has 0 amide bonds. The summed E-state index contributed by atoms with van der Waals surface area (Å²) in [5, 5.41) is 20.8. The average molecular weight is 1730 g/mol. The number of ether oxygens (including phenoxy) is 3. The van der Waals surface area contributed by atoms with Crippen LogP contribution in [0.1, 0.15) is 406 Å². The van der Waals surface area contributed by atoms with Crippen molar-refractivity contribution in [1.82, 2.24) is 0 Å². The summed E-state index contributed by atoms with van der Waals surface area (Å²) in [7, 11) is -9.82. The van der Waals surface area contributed by atoms with Crippen LogP contribution in [0.15, 0.2) is 170 Å². The molecule has 5 atom stereocenters. The highest BCUT2D eigenvalue weighted by Crippen LogP contribution is 2.45. The van der Waals surface area contributed by atoms with Crippen LogP contribution in [0.2, 0.25) is 0 Å². The minimum atomic E-state index is -4.95. The quantitative estimate of drug-likeness (QED) is 0.0146. The lowest BCUT2D eigenvalue weighted by molar-refractivity contribution is -0.161. The lowest BCUT2D eigenvalue weighted by Gasteiger charge is -2.21. The minimum Gasteiger partial charge on any atom is -0.463 e. The highest BCUT2D eigenvalue weighted by molar-refractivity contribution is 7.47. The number of aliphatic hydroxyl groups is 2. The smallest absolute Gasteiger partial charge is 0.463 e. The van der Waals surface area contributed by atoms with E-state index in [1.165, 1.54) is 180 Å². The molecule has 0 aliphatic carbocycles. The maximum absolute atomic E-state index is 13.1. The molecule has 0 saturated heterocycles. The highest BCUT2D eigenvalue weighted by Gasteiger charge is 2.30. The normalized spacial score (nSPS) is 14.5. The highest BCUT2D eigenvalue weighted by atomic mass is 31.2. The molecule has 0 rings (SSSR count). The number of phosphoric ester groups is 2. The molecule has 121 heavy (non-hydrogen) atoms. The van der Waals surface area contributed by atoms with Crippen molar-refractivity contribution in [3.63, 3.8) is 0 Å².